The molecule has 0 bridgehead atoms. The van der Waals surface area contributed by atoms with E-state index in [1.165, 1.54) is 11.3 Å². The van der Waals surface area contributed by atoms with Crippen LogP contribution in [-0.4, -0.2) is 12.0 Å². The van der Waals surface area contributed by atoms with Crippen molar-refractivity contribution >= 4 is 22.9 Å². The normalized spacial score (nSPS) is 18.8. The molecule has 0 fully saturated rings. The van der Waals surface area contributed by atoms with E-state index in [4.69, 9.17) is 23.2 Å². The number of fused-ring (bicyclic) bond motifs is 1. The summed E-state index contributed by atoms with van der Waals surface area (Å²) in [6.07, 6.45) is 3.62. The second-order valence-electron chi connectivity index (χ2n) is 5.31. The average Bonchev–Trinajstić information content (AvgIpc) is 2.60. The molecule has 0 unspecified atom stereocenters. The van der Waals surface area contributed by atoms with E-state index >= 15 is 0 Å². The average molecular weight is 283 g/mol. The van der Waals surface area contributed by atoms with Crippen molar-refractivity contribution in [2.45, 2.75) is 19.3 Å². The van der Waals surface area contributed by atoms with Gasteiger partial charge in [-0.15, -0.1) is 0 Å². The van der Waals surface area contributed by atoms with Crippen LogP contribution in [0, 0.1) is 11.3 Å². The van der Waals surface area contributed by atoms with Crippen molar-refractivity contribution in [2.75, 3.05) is 11.9 Å². The summed E-state index contributed by atoms with van der Waals surface area (Å²) in [5.74, 6) is 0. The number of benzene rings is 1. The zero-order chi connectivity index (χ0) is 14.9. The molecule has 102 valence electrons. The number of nitrogens with two attached hydrogens (primary N) is 1. The van der Waals surface area contributed by atoms with Crippen LogP contribution in [0.15, 0.2) is 47.7 Å². The lowest BCUT2D eigenvalue weighted by Gasteiger charge is -2.23. The number of para-hydroxylation sites is 1. The van der Waals surface area contributed by atoms with Crippen LogP contribution in [0.1, 0.15) is 19.4 Å². The van der Waals surface area contributed by atoms with Crippen molar-refractivity contribution in [1.82, 2.24) is 0 Å². The molecular formula is C16H17N3S. The molecule has 1 aliphatic heterocycles. The summed E-state index contributed by atoms with van der Waals surface area (Å²) in [5, 5.41) is 9.01. The summed E-state index contributed by atoms with van der Waals surface area (Å²) in [6, 6.07) is 10.3. The molecule has 20 heavy (non-hydrogen) atoms. The Kier molecular flexibility index (Phi) is 3.65. The Balaban J connectivity index is 2.51. The first-order chi connectivity index (χ1) is 9.39. The fourth-order valence-corrected chi connectivity index (χ4v) is 2.75. The van der Waals surface area contributed by atoms with Crippen LogP contribution in [0.2, 0.25) is 0 Å². The molecular weight excluding hydrogens is 266 g/mol. The molecule has 0 saturated carbocycles. The number of hydrogen-bond acceptors (Lipinski definition) is 3. The van der Waals surface area contributed by atoms with Gasteiger partial charge in [0, 0.05) is 23.8 Å². The molecule has 4 heteroatoms. The van der Waals surface area contributed by atoms with Crippen LogP contribution in [0.4, 0.5) is 5.69 Å². The van der Waals surface area contributed by atoms with Crippen LogP contribution in [0.25, 0.3) is 0 Å². The molecule has 1 aromatic carbocycles. The second kappa shape index (κ2) is 5.10. The van der Waals surface area contributed by atoms with E-state index < -0.39 is 0 Å². The van der Waals surface area contributed by atoms with E-state index in [-0.39, 0.29) is 10.4 Å². The van der Waals surface area contributed by atoms with Gasteiger partial charge in [-0.3, -0.25) is 0 Å². The number of allylic oxidation sites excluding steroid dienone is 3. The van der Waals surface area contributed by atoms with E-state index in [9.17, 15) is 0 Å². The van der Waals surface area contributed by atoms with E-state index in [1.54, 1.807) is 6.08 Å². The monoisotopic (exact) mass is 283 g/mol. The first-order valence-electron chi connectivity index (χ1n) is 6.35. The Morgan fingerprint density at radius 1 is 1.40 bits per heavy atom. The van der Waals surface area contributed by atoms with E-state index in [2.05, 4.69) is 30.9 Å². The van der Waals surface area contributed by atoms with Gasteiger partial charge in [-0.05, 0) is 23.8 Å². The number of nitrogens with zero attached hydrogens (tertiary/aromatic N) is 2. The highest BCUT2D eigenvalue weighted by Crippen LogP contribution is 2.46. The van der Waals surface area contributed by atoms with Gasteiger partial charge >= 0.3 is 0 Å². The van der Waals surface area contributed by atoms with Crippen LogP contribution in [0.5, 0.6) is 0 Å². The molecule has 0 saturated heterocycles. The van der Waals surface area contributed by atoms with E-state index in [0.717, 1.165) is 5.70 Å². The smallest absolute Gasteiger partial charge is 0.114 e. The van der Waals surface area contributed by atoms with Crippen LogP contribution < -0.4 is 10.6 Å². The Morgan fingerprint density at radius 3 is 2.60 bits per heavy atom. The van der Waals surface area contributed by atoms with Gasteiger partial charge in [-0.2, -0.15) is 5.26 Å². The molecule has 0 spiro atoms. The number of hydrogen-bond donors (Lipinski definition) is 1. The lowest BCUT2D eigenvalue weighted by atomic mass is 9.83. The van der Waals surface area contributed by atoms with Gasteiger partial charge in [0.25, 0.3) is 0 Å². The molecule has 1 heterocycles. The third-order valence-corrected chi connectivity index (χ3v) is 3.95. The van der Waals surface area contributed by atoms with Crippen molar-refractivity contribution in [3.63, 3.8) is 0 Å². The fourth-order valence-electron chi connectivity index (χ4n) is 2.64. The van der Waals surface area contributed by atoms with Crippen molar-refractivity contribution in [1.29, 1.82) is 5.26 Å². The number of nitriles is 1. The third kappa shape index (κ3) is 2.21. The molecule has 0 amide bonds. The Morgan fingerprint density at radius 2 is 2.05 bits per heavy atom. The van der Waals surface area contributed by atoms with Crippen molar-refractivity contribution in [3.8, 4) is 6.07 Å². The zero-order valence-electron chi connectivity index (χ0n) is 11.8. The maximum atomic E-state index is 9.01. The minimum atomic E-state index is -0.112. The summed E-state index contributed by atoms with van der Waals surface area (Å²) >= 11 is 4.86. The molecule has 1 aliphatic rings. The van der Waals surface area contributed by atoms with Gasteiger partial charge in [-0.25, -0.2) is 0 Å². The molecule has 2 rings (SSSR count). The molecule has 0 radical (unpaired) electrons. The highest BCUT2D eigenvalue weighted by Gasteiger charge is 2.37. The summed E-state index contributed by atoms with van der Waals surface area (Å²) in [6.45, 7) is 4.34. The first-order valence-corrected chi connectivity index (χ1v) is 6.76. The minimum Gasteiger partial charge on any atom is -0.389 e. The van der Waals surface area contributed by atoms with Crippen LogP contribution in [0.3, 0.4) is 0 Å². The summed E-state index contributed by atoms with van der Waals surface area (Å²) in [4.78, 5) is 2.26. The molecule has 3 nitrogen and oxygen atoms in total. The molecule has 2 N–H and O–H groups in total. The Bertz CT molecular complexity index is 663. The quantitative estimate of drug-likeness (QED) is 0.515. The van der Waals surface area contributed by atoms with E-state index in [0.29, 0.717) is 5.57 Å². The van der Waals surface area contributed by atoms with E-state index in [1.807, 2.05) is 31.3 Å². The summed E-state index contributed by atoms with van der Waals surface area (Å²) in [5.41, 5.74) is 9.30. The van der Waals surface area contributed by atoms with Gasteiger partial charge in [0.1, 0.15) is 11.1 Å². The lowest BCUT2D eigenvalue weighted by Crippen LogP contribution is -2.22. The molecule has 1 aromatic rings. The van der Waals surface area contributed by atoms with Gasteiger partial charge < -0.3 is 10.6 Å². The van der Waals surface area contributed by atoms with Crippen molar-refractivity contribution < 1.29 is 0 Å². The van der Waals surface area contributed by atoms with Crippen LogP contribution >= 0.6 is 12.2 Å². The standard InChI is InChI=1S/C16H17N3S/c1-16(2)12-6-4-5-7-13(12)19(3)14(16)9-8-11(10-17)15(18)20/h4-9H,1-3H3,(H2,18,20)/b11-8+,14-9-. The van der Waals surface area contributed by atoms with Gasteiger partial charge in [0.05, 0.1) is 5.57 Å². The number of thiocarbonyl (C=S) groups is 1. The topological polar surface area (TPSA) is 53.0 Å². The zero-order valence-corrected chi connectivity index (χ0v) is 12.7. The summed E-state index contributed by atoms with van der Waals surface area (Å²) < 4.78 is 0. The predicted molar refractivity (Wildman–Crippen MR) is 86.4 cm³/mol. The Labute approximate surface area is 125 Å². The maximum absolute atomic E-state index is 9.01. The SMILES string of the molecule is CN1/C(=C\C=C(/C#N)C(N)=S)C(C)(C)c2ccccc21. The maximum Gasteiger partial charge on any atom is 0.114 e. The van der Waals surface area contributed by atoms with Crippen LogP contribution in [-0.2, 0) is 5.41 Å². The number of anilines is 1. The van der Waals surface area contributed by atoms with Crippen molar-refractivity contribution in [2.24, 2.45) is 5.73 Å². The minimum absolute atomic E-state index is 0.112. The highest BCUT2D eigenvalue weighted by atomic mass is 32.1. The first kappa shape index (κ1) is 14.3. The molecule has 0 aromatic heterocycles. The lowest BCUT2D eigenvalue weighted by molar-refractivity contribution is 0.640. The van der Waals surface area contributed by atoms with Gasteiger partial charge in [0.15, 0.2) is 0 Å². The van der Waals surface area contributed by atoms with Gasteiger partial charge in [-0.1, -0.05) is 44.3 Å². The van der Waals surface area contributed by atoms with Crippen molar-refractivity contribution in [3.05, 3.63) is 53.3 Å². The summed E-state index contributed by atoms with van der Waals surface area (Å²) in [7, 11) is 2.03. The molecule has 0 aliphatic carbocycles. The fraction of sp³-hybridized carbons (Fsp3) is 0.250. The largest absolute Gasteiger partial charge is 0.389 e. The number of rotatable bonds is 2. The Hall–Kier alpha value is -2.12. The second-order valence-corrected chi connectivity index (χ2v) is 5.75. The highest BCUT2D eigenvalue weighted by molar-refractivity contribution is 7.80. The number of likely N-dealkylation sites (N-methyl/N-ethyl adjacent to an activating group) is 1. The molecule has 0 atom stereocenters. The predicted octanol–water partition coefficient (Wildman–Crippen LogP) is 3.03. The third-order valence-electron chi connectivity index (χ3n) is 3.73. The van der Waals surface area contributed by atoms with Gasteiger partial charge in [0.2, 0.25) is 0 Å².